The lowest BCUT2D eigenvalue weighted by Gasteiger charge is -2.54. The number of imide groups is 1. The molecule has 0 aromatic heterocycles. The van der Waals surface area contributed by atoms with Crippen molar-refractivity contribution in [2.75, 3.05) is 6.54 Å². The molecule has 0 aromatic rings. The molecule has 5 heteroatoms. The van der Waals surface area contributed by atoms with Gasteiger partial charge >= 0.3 is 6.09 Å². The van der Waals surface area contributed by atoms with Gasteiger partial charge in [-0.25, -0.2) is 9.69 Å². The summed E-state index contributed by atoms with van der Waals surface area (Å²) in [6.45, 7) is 7.65. The van der Waals surface area contributed by atoms with Crippen molar-refractivity contribution in [3.8, 4) is 0 Å². The monoisotopic (exact) mass is 335 g/mol. The van der Waals surface area contributed by atoms with Crippen LogP contribution in [0.15, 0.2) is 0 Å². The molecular weight excluding hydrogens is 306 g/mol. The zero-order valence-electron chi connectivity index (χ0n) is 15.3. The minimum atomic E-state index is -0.663. The zero-order valence-corrected chi connectivity index (χ0v) is 15.3. The number of Topliss-reactive ketones (excluding diaryl/α,β-unsaturated/α-hetero) is 1. The van der Waals surface area contributed by atoms with Gasteiger partial charge in [0.2, 0.25) is 5.91 Å². The van der Waals surface area contributed by atoms with Crippen LogP contribution in [0.5, 0.6) is 0 Å². The Bertz CT molecular complexity index is 550. The highest BCUT2D eigenvalue weighted by molar-refractivity contribution is 6.07. The molecule has 24 heavy (non-hydrogen) atoms. The van der Waals surface area contributed by atoms with Gasteiger partial charge in [0.15, 0.2) is 0 Å². The first kappa shape index (κ1) is 17.4. The maximum absolute atomic E-state index is 12.8. The smallest absolute Gasteiger partial charge is 0.417 e. The number of piperidine rings is 1. The minimum absolute atomic E-state index is 0.0186. The van der Waals surface area contributed by atoms with E-state index < -0.39 is 17.6 Å². The third-order valence-electron chi connectivity index (χ3n) is 5.83. The van der Waals surface area contributed by atoms with Crippen molar-refractivity contribution < 1.29 is 19.1 Å². The van der Waals surface area contributed by atoms with Gasteiger partial charge in [0.1, 0.15) is 11.4 Å². The predicted octanol–water partition coefficient (Wildman–Crippen LogP) is 3.56. The number of carbonyl (C=O) groups is 3. The van der Waals surface area contributed by atoms with Crippen molar-refractivity contribution >= 4 is 17.8 Å². The van der Waals surface area contributed by atoms with Crippen molar-refractivity contribution in [2.45, 2.75) is 71.8 Å². The van der Waals surface area contributed by atoms with E-state index in [-0.39, 0.29) is 23.5 Å². The first-order valence-corrected chi connectivity index (χ1v) is 9.18. The number of hydrogen-bond acceptors (Lipinski definition) is 4. The van der Waals surface area contributed by atoms with Gasteiger partial charge in [0.25, 0.3) is 0 Å². The van der Waals surface area contributed by atoms with Crippen LogP contribution < -0.4 is 0 Å². The second-order valence-electron chi connectivity index (χ2n) is 9.18. The molecular formula is C19H29NO4. The van der Waals surface area contributed by atoms with Crippen LogP contribution in [0.25, 0.3) is 0 Å². The van der Waals surface area contributed by atoms with Gasteiger partial charge < -0.3 is 4.74 Å². The van der Waals surface area contributed by atoms with Crippen LogP contribution in [0.4, 0.5) is 4.79 Å². The van der Waals surface area contributed by atoms with Crippen LogP contribution in [0.3, 0.4) is 0 Å². The van der Waals surface area contributed by atoms with Crippen LogP contribution in [0, 0.1) is 23.2 Å². The first-order valence-electron chi connectivity index (χ1n) is 9.18. The molecule has 5 nitrogen and oxygen atoms in total. The van der Waals surface area contributed by atoms with Crippen molar-refractivity contribution in [1.82, 2.24) is 4.90 Å². The summed E-state index contributed by atoms with van der Waals surface area (Å²) in [5, 5.41) is 0. The molecule has 3 fully saturated rings. The van der Waals surface area contributed by atoms with Gasteiger partial charge in [-0.2, -0.15) is 0 Å². The van der Waals surface area contributed by atoms with Crippen LogP contribution >= 0.6 is 0 Å². The summed E-state index contributed by atoms with van der Waals surface area (Å²) in [7, 11) is 0. The topological polar surface area (TPSA) is 63.7 Å². The molecule has 1 aliphatic heterocycles. The van der Waals surface area contributed by atoms with E-state index in [0.717, 1.165) is 17.7 Å². The molecule has 2 aliphatic carbocycles. The molecule has 2 amide bonds. The third kappa shape index (κ3) is 3.22. The average Bonchev–Trinajstić information content (AvgIpc) is 2.35. The predicted molar refractivity (Wildman–Crippen MR) is 89.2 cm³/mol. The van der Waals surface area contributed by atoms with Gasteiger partial charge in [-0.15, -0.1) is 0 Å². The lowest BCUT2D eigenvalue weighted by atomic mass is 9.50. The highest BCUT2D eigenvalue weighted by atomic mass is 16.6. The third-order valence-corrected chi connectivity index (χ3v) is 5.83. The molecule has 2 unspecified atom stereocenters. The Kier molecular flexibility index (Phi) is 4.25. The van der Waals surface area contributed by atoms with E-state index in [1.54, 1.807) is 20.8 Å². The van der Waals surface area contributed by atoms with Crippen molar-refractivity contribution in [3.05, 3.63) is 0 Å². The highest BCUT2D eigenvalue weighted by Crippen LogP contribution is 2.59. The molecule has 1 saturated heterocycles. The normalized spacial score (nSPS) is 29.8. The van der Waals surface area contributed by atoms with Crippen LogP contribution in [0.1, 0.15) is 66.2 Å². The number of amides is 2. The Balaban J connectivity index is 1.66. The summed E-state index contributed by atoms with van der Waals surface area (Å²) in [4.78, 5) is 39.0. The molecule has 3 aliphatic rings. The summed E-state index contributed by atoms with van der Waals surface area (Å²) < 4.78 is 5.34. The largest absolute Gasteiger partial charge is 0.443 e. The fourth-order valence-corrected chi connectivity index (χ4v) is 4.44. The van der Waals surface area contributed by atoms with Crippen LogP contribution in [0.2, 0.25) is 0 Å². The summed E-state index contributed by atoms with van der Waals surface area (Å²) >= 11 is 0. The standard InChI is InChI=1S/C19H29NO4/c1-12-8-14(15(21)13-9-19(10-13)6-5-7-19)16(22)20(11-12)17(23)24-18(2,3)4/h12-14H,5-11H2,1-4H3. The van der Waals surface area contributed by atoms with Crippen molar-refractivity contribution in [2.24, 2.45) is 23.2 Å². The van der Waals surface area contributed by atoms with E-state index in [1.165, 1.54) is 19.3 Å². The maximum Gasteiger partial charge on any atom is 0.417 e. The molecule has 0 aromatic carbocycles. The fraction of sp³-hybridized carbons (Fsp3) is 0.842. The molecule has 0 radical (unpaired) electrons. The second kappa shape index (κ2) is 5.85. The van der Waals surface area contributed by atoms with E-state index in [0.29, 0.717) is 18.4 Å². The SMILES string of the molecule is CC1CC(C(=O)C2CC3(CCC3)C2)C(=O)N(C(=O)OC(C)(C)C)C1. The Morgan fingerprint density at radius 1 is 1.21 bits per heavy atom. The zero-order chi connectivity index (χ0) is 17.7. The van der Waals surface area contributed by atoms with Gasteiger partial charge in [0, 0.05) is 12.5 Å². The first-order chi connectivity index (χ1) is 11.1. The van der Waals surface area contributed by atoms with Crippen molar-refractivity contribution in [1.29, 1.82) is 0 Å². The average molecular weight is 335 g/mol. The molecule has 2 atom stereocenters. The second-order valence-corrected chi connectivity index (χ2v) is 9.18. The lowest BCUT2D eigenvalue weighted by Crippen LogP contribution is -2.54. The van der Waals surface area contributed by atoms with Crippen LogP contribution in [-0.4, -0.2) is 34.8 Å². The Morgan fingerprint density at radius 3 is 2.33 bits per heavy atom. The lowest BCUT2D eigenvalue weighted by molar-refractivity contribution is -0.151. The summed E-state index contributed by atoms with van der Waals surface area (Å²) in [6, 6.07) is 0. The quantitative estimate of drug-likeness (QED) is 0.724. The Morgan fingerprint density at radius 2 is 1.83 bits per heavy atom. The number of likely N-dealkylation sites (tertiary alicyclic amines) is 1. The van der Waals surface area contributed by atoms with Crippen LogP contribution in [-0.2, 0) is 14.3 Å². The van der Waals surface area contributed by atoms with Gasteiger partial charge in [-0.3, -0.25) is 9.59 Å². The molecule has 1 spiro atoms. The maximum atomic E-state index is 12.8. The number of rotatable bonds is 2. The fourth-order valence-electron chi connectivity index (χ4n) is 4.44. The number of hydrogen-bond donors (Lipinski definition) is 0. The minimum Gasteiger partial charge on any atom is -0.443 e. The van der Waals surface area contributed by atoms with Gasteiger partial charge in [-0.05, 0) is 64.2 Å². The number of ketones is 1. The molecule has 1 heterocycles. The van der Waals surface area contributed by atoms with E-state index >= 15 is 0 Å². The molecule has 3 rings (SSSR count). The van der Waals surface area contributed by atoms with Crippen molar-refractivity contribution in [3.63, 3.8) is 0 Å². The number of carbonyl (C=O) groups excluding carboxylic acids is 3. The summed E-state index contributed by atoms with van der Waals surface area (Å²) in [6.07, 6.45) is 5.55. The Labute approximate surface area is 144 Å². The van der Waals surface area contributed by atoms with Gasteiger partial charge in [-0.1, -0.05) is 13.3 Å². The number of nitrogens with zero attached hydrogens (tertiary/aromatic N) is 1. The summed E-state index contributed by atoms with van der Waals surface area (Å²) in [5.41, 5.74) is -0.239. The summed E-state index contributed by atoms with van der Waals surface area (Å²) in [5.74, 6) is -0.824. The molecule has 0 bridgehead atoms. The molecule has 134 valence electrons. The number of ether oxygens (including phenoxy) is 1. The van der Waals surface area contributed by atoms with E-state index in [9.17, 15) is 14.4 Å². The van der Waals surface area contributed by atoms with E-state index in [4.69, 9.17) is 4.74 Å². The Hall–Kier alpha value is -1.39. The van der Waals surface area contributed by atoms with E-state index in [1.807, 2.05) is 6.92 Å². The molecule has 2 saturated carbocycles. The van der Waals surface area contributed by atoms with Gasteiger partial charge in [0.05, 0.1) is 5.92 Å². The highest BCUT2D eigenvalue weighted by Gasteiger charge is 2.53. The molecule has 0 N–H and O–H groups in total. The van der Waals surface area contributed by atoms with E-state index in [2.05, 4.69) is 0 Å².